The van der Waals surface area contributed by atoms with Crippen molar-refractivity contribution in [1.82, 2.24) is 15.0 Å². The number of nitrogens with one attached hydrogen (secondary N) is 1. The highest BCUT2D eigenvalue weighted by molar-refractivity contribution is 5.91. The topological polar surface area (TPSA) is 94.6 Å². The van der Waals surface area contributed by atoms with Crippen molar-refractivity contribution in [3.8, 4) is 28.6 Å². The molecule has 1 fully saturated rings. The van der Waals surface area contributed by atoms with Crippen molar-refractivity contribution in [2.75, 3.05) is 18.0 Å². The number of nitrogens with zero attached hydrogens (tertiary/aromatic N) is 4. The third-order valence-electron chi connectivity index (χ3n) is 5.60. The minimum atomic E-state index is -1.04. The van der Waals surface area contributed by atoms with Gasteiger partial charge in [-0.25, -0.2) is 18.2 Å². The lowest BCUT2D eigenvalue weighted by molar-refractivity contribution is 0.515. The highest BCUT2D eigenvalue weighted by Crippen LogP contribution is 2.40. The molecule has 2 aromatic carbocycles. The second-order valence-corrected chi connectivity index (χ2v) is 7.76. The van der Waals surface area contributed by atoms with Gasteiger partial charge in [0.05, 0.1) is 28.4 Å². The summed E-state index contributed by atoms with van der Waals surface area (Å²) in [4.78, 5) is 13.6. The van der Waals surface area contributed by atoms with Gasteiger partial charge in [0.25, 0.3) is 0 Å². The third-order valence-corrected chi connectivity index (χ3v) is 5.60. The van der Waals surface area contributed by atoms with E-state index in [9.17, 15) is 18.4 Å². The van der Waals surface area contributed by atoms with Crippen LogP contribution in [0.3, 0.4) is 0 Å². The molecule has 1 saturated heterocycles. The number of hydrogen-bond donors (Lipinski definition) is 2. The smallest absolute Gasteiger partial charge is 0.186 e. The first-order chi connectivity index (χ1) is 15.4. The Morgan fingerprint density at radius 2 is 1.94 bits per heavy atom. The number of anilines is 1. The van der Waals surface area contributed by atoms with Crippen molar-refractivity contribution in [1.29, 1.82) is 5.26 Å². The summed E-state index contributed by atoms with van der Waals surface area (Å²) in [5.41, 5.74) is 8.80. The van der Waals surface area contributed by atoms with Crippen LogP contribution < -0.4 is 10.6 Å². The van der Waals surface area contributed by atoms with Crippen LogP contribution in [0.2, 0.25) is 0 Å². The Bertz CT molecular complexity index is 1390. The number of hydrogen-bond acceptors (Lipinski definition) is 5. The Morgan fingerprint density at radius 3 is 2.69 bits per heavy atom. The molecule has 0 spiro atoms. The van der Waals surface area contributed by atoms with Crippen LogP contribution in [-0.2, 0) is 0 Å². The van der Waals surface area contributed by atoms with Gasteiger partial charge in [0, 0.05) is 37.1 Å². The first-order valence-corrected chi connectivity index (χ1v) is 9.98. The second kappa shape index (κ2) is 7.66. The summed E-state index contributed by atoms with van der Waals surface area (Å²) in [5.74, 6) is -2.28. The lowest BCUT2D eigenvalue weighted by Gasteiger charge is -2.24. The van der Waals surface area contributed by atoms with Crippen LogP contribution in [0.1, 0.15) is 12.0 Å². The lowest BCUT2D eigenvalue weighted by atomic mass is 9.99. The zero-order chi connectivity index (χ0) is 22.4. The van der Waals surface area contributed by atoms with E-state index in [2.05, 4.69) is 15.0 Å². The van der Waals surface area contributed by atoms with Crippen LogP contribution in [-0.4, -0.2) is 34.1 Å². The molecule has 4 aromatic rings. The fourth-order valence-electron chi connectivity index (χ4n) is 4.12. The molecule has 3 heterocycles. The molecule has 0 amide bonds. The van der Waals surface area contributed by atoms with Gasteiger partial charge in [0.15, 0.2) is 11.6 Å². The zero-order valence-electron chi connectivity index (χ0n) is 16.7. The van der Waals surface area contributed by atoms with Crippen molar-refractivity contribution >= 4 is 16.7 Å². The molecule has 0 saturated carbocycles. The number of nitriles is 1. The van der Waals surface area contributed by atoms with Crippen LogP contribution in [0.25, 0.3) is 33.5 Å². The summed E-state index contributed by atoms with van der Waals surface area (Å²) < 4.78 is 42.2. The number of fused-ring (bicyclic) bond motifs is 1. The standard InChI is InChI=1S/C23H17F3N6/c24-14-6-12(8-27)5-13(7-14)16-9-29-10-17(22(16)32-4-3-15(28)11-32)23-30-19-2-1-18(25)20(26)21(19)31-23/h1-2,5-7,9-10,15H,3-4,11,28H2,(H,30,31)/t15-/m0/s1. The number of aromatic amines is 1. The molecular weight excluding hydrogens is 417 g/mol. The summed E-state index contributed by atoms with van der Waals surface area (Å²) in [7, 11) is 0. The van der Waals surface area contributed by atoms with Crippen molar-refractivity contribution in [2.24, 2.45) is 5.73 Å². The summed E-state index contributed by atoms with van der Waals surface area (Å²) in [6, 6.07) is 8.42. The Balaban J connectivity index is 1.76. The van der Waals surface area contributed by atoms with Crippen molar-refractivity contribution in [3.63, 3.8) is 0 Å². The molecule has 9 heteroatoms. The van der Waals surface area contributed by atoms with Gasteiger partial charge in [-0.05, 0) is 42.3 Å². The number of halogens is 3. The molecule has 0 bridgehead atoms. The normalized spacial score (nSPS) is 16.0. The van der Waals surface area contributed by atoms with Gasteiger partial charge in [-0.2, -0.15) is 5.26 Å². The number of nitrogens with two attached hydrogens (primary N) is 1. The maximum atomic E-state index is 14.3. The van der Waals surface area contributed by atoms with E-state index in [4.69, 9.17) is 5.73 Å². The van der Waals surface area contributed by atoms with Crippen LogP contribution >= 0.6 is 0 Å². The molecule has 0 unspecified atom stereocenters. The van der Waals surface area contributed by atoms with E-state index in [1.165, 1.54) is 12.1 Å². The summed E-state index contributed by atoms with van der Waals surface area (Å²) in [6.45, 7) is 1.20. The van der Waals surface area contributed by atoms with Crippen molar-refractivity contribution in [2.45, 2.75) is 12.5 Å². The van der Waals surface area contributed by atoms with Gasteiger partial charge >= 0.3 is 0 Å². The number of pyridine rings is 1. The predicted octanol–water partition coefficient (Wildman–Crippen LogP) is 4.12. The van der Waals surface area contributed by atoms with E-state index in [-0.39, 0.29) is 17.1 Å². The molecule has 0 radical (unpaired) electrons. The monoisotopic (exact) mass is 434 g/mol. The van der Waals surface area contributed by atoms with Gasteiger partial charge in [-0.3, -0.25) is 4.98 Å². The van der Waals surface area contributed by atoms with Crippen LogP contribution in [0.5, 0.6) is 0 Å². The molecule has 5 rings (SSSR count). The van der Waals surface area contributed by atoms with Crippen molar-refractivity contribution < 1.29 is 13.2 Å². The van der Waals surface area contributed by atoms with Gasteiger partial charge in [0.2, 0.25) is 0 Å². The zero-order valence-corrected chi connectivity index (χ0v) is 16.7. The number of aromatic nitrogens is 3. The van der Waals surface area contributed by atoms with Gasteiger partial charge in [0.1, 0.15) is 17.2 Å². The maximum Gasteiger partial charge on any atom is 0.186 e. The highest BCUT2D eigenvalue weighted by atomic mass is 19.2. The fraction of sp³-hybridized carbons (Fsp3) is 0.174. The van der Waals surface area contributed by atoms with E-state index in [1.807, 2.05) is 11.0 Å². The number of benzene rings is 2. The number of imidazole rings is 1. The molecule has 3 N–H and O–H groups in total. The van der Waals surface area contributed by atoms with E-state index in [1.54, 1.807) is 18.5 Å². The summed E-state index contributed by atoms with van der Waals surface area (Å²) >= 11 is 0. The average molecular weight is 434 g/mol. The minimum Gasteiger partial charge on any atom is -0.369 e. The van der Waals surface area contributed by atoms with E-state index >= 15 is 0 Å². The Kier molecular flexibility index (Phi) is 4.79. The van der Waals surface area contributed by atoms with Crippen LogP contribution in [0.4, 0.5) is 18.9 Å². The second-order valence-electron chi connectivity index (χ2n) is 7.76. The van der Waals surface area contributed by atoms with E-state index < -0.39 is 17.5 Å². The van der Waals surface area contributed by atoms with Crippen molar-refractivity contribution in [3.05, 3.63) is 65.7 Å². The third kappa shape index (κ3) is 3.35. The number of H-pyrrole nitrogens is 1. The molecule has 6 nitrogen and oxygen atoms in total. The molecule has 1 aliphatic rings. The maximum absolute atomic E-state index is 14.3. The number of rotatable bonds is 3. The molecule has 32 heavy (non-hydrogen) atoms. The minimum absolute atomic E-state index is 0.0479. The molecule has 160 valence electrons. The predicted molar refractivity (Wildman–Crippen MR) is 114 cm³/mol. The fourth-order valence-corrected chi connectivity index (χ4v) is 4.12. The molecule has 1 aliphatic heterocycles. The average Bonchev–Trinajstić information content (AvgIpc) is 3.42. The first kappa shape index (κ1) is 20.0. The Hall–Kier alpha value is -3.90. The van der Waals surface area contributed by atoms with E-state index in [0.29, 0.717) is 46.8 Å². The Labute approximate surface area is 181 Å². The molecule has 1 atom stereocenters. The highest BCUT2D eigenvalue weighted by Gasteiger charge is 2.27. The van der Waals surface area contributed by atoms with Gasteiger partial charge < -0.3 is 15.6 Å². The lowest BCUT2D eigenvalue weighted by Crippen LogP contribution is -2.27. The van der Waals surface area contributed by atoms with Crippen LogP contribution in [0, 0.1) is 28.8 Å². The van der Waals surface area contributed by atoms with Gasteiger partial charge in [-0.15, -0.1) is 0 Å². The molecule has 0 aliphatic carbocycles. The molecular formula is C23H17F3N6. The Morgan fingerprint density at radius 1 is 1.12 bits per heavy atom. The SMILES string of the molecule is N#Cc1cc(F)cc(-c2cncc(-c3nc4c(F)c(F)ccc4[nH]3)c2N2CC[C@H](N)C2)c1. The van der Waals surface area contributed by atoms with Crippen LogP contribution in [0.15, 0.2) is 42.7 Å². The van der Waals surface area contributed by atoms with Gasteiger partial charge in [-0.1, -0.05) is 0 Å². The summed E-state index contributed by atoms with van der Waals surface area (Å²) in [5, 5.41) is 9.27. The largest absolute Gasteiger partial charge is 0.369 e. The summed E-state index contributed by atoms with van der Waals surface area (Å²) in [6.07, 6.45) is 3.91. The van der Waals surface area contributed by atoms with E-state index in [0.717, 1.165) is 18.6 Å². The molecule has 2 aromatic heterocycles. The quantitative estimate of drug-likeness (QED) is 0.506. The first-order valence-electron chi connectivity index (χ1n) is 9.98.